The molecule has 0 N–H and O–H groups in total. The topological polar surface area (TPSA) is 79.6 Å². The molecule has 6 heteroatoms. The van der Waals surface area contributed by atoms with Gasteiger partial charge in [0.1, 0.15) is 11.8 Å². The predicted molar refractivity (Wildman–Crippen MR) is 79.2 cm³/mol. The van der Waals surface area contributed by atoms with Crippen molar-refractivity contribution < 1.29 is 19.1 Å². The first kappa shape index (κ1) is 15.8. The molecule has 0 aromatic heterocycles. The Bertz CT molecular complexity index is 591. The third-order valence-corrected chi connectivity index (χ3v) is 3.39. The maximum Gasteiger partial charge on any atom is 0.312 e. The van der Waals surface area contributed by atoms with Crippen LogP contribution in [0, 0.1) is 17.2 Å². The van der Waals surface area contributed by atoms with E-state index in [9.17, 15) is 9.59 Å². The Morgan fingerprint density at radius 3 is 2.73 bits per heavy atom. The fourth-order valence-electron chi connectivity index (χ4n) is 2.30. The van der Waals surface area contributed by atoms with Crippen LogP contribution >= 0.6 is 0 Å². The van der Waals surface area contributed by atoms with Gasteiger partial charge in [-0.15, -0.1) is 0 Å². The average molecular weight is 302 g/mol. The minimum Gasteiger partial charge on any atom is -0.494 e. The summed E-state index contributed by atoms with van der Waals surface area (Å²) in [5.74, 6) is -0.432. The molecule has 2 atom stereocenters. The number of anilines is 1. The lowest BCUT2D eigenvalue weighted by Crippen LogP contribution is -2.27. The number of benzene rings is 1. The van der Waals surface area contributed by atoms with Crippen LogP contribution in [0.15, 0.2) is 24.3 Å². The molecule has 1 amide bonds. The highest BCUT2D eigenvalue weighted by Crippen LogP contribution is 2.27. The van der Waals surface area contributed by atoms with Gasteiger partial charge < -0.3 is 14.4 Å². The van der Waals surface area contributed by atoms with Gasteiger partial charge in [-0.2, -0.15) is 5.26 Å². The zero-order chi connectivity index (χ0) is 16.1. The highest BCUT2D eigenvalue weighted by molar-refractivity contribution is 5.99. The molecule has 1 aliphatic heterocycles. The highest BCUT2D eigenvalue weighted by atomic mass is 16.5. The van der Waals surface area contributed by atoms with E-state index in [0.29, 0.717) is 6.61 Å². The van der Waals surface area contributed by atoms with Crippen LogP contribution in [0.25, 0.3) is 0 Å². The maximum absolute atomic E-state index is 12.1. The van der Waals surface area contributed by atoms with Crippen LogP contribution < -0.4 is 9.64 Å². The monoisotopic (exact) mass is 302 g/mol. The highest BCUT2D eigenvalue weighted by Gasteiger charge is 2.36. The summed E-state index contributed by atoms with van der Waals surface area (Å²) in [6.07, 6.45) is -0.702. The Balaban J connectivity index is 2.03. The average Bonchev–Trinajstić information content (AvgIpc) is 2.90. The van der Waals surface area contributed by atoms with Crippen LogP contribution in [0.2, 0.25) is 0 Å². The number of hydrogen-bond acceptors (Lipinski definition) is 5. The van der Waals surface area contributed by atoms with E-state index in [-0.39, 0.29) is 18.9 Å². The van der Waals surface area contributed by atoms with Gasteiger partial charge in [-0.3, -0.25) is 9.59 Å². The van der Waals surface area contributed by atoms with E-state index in [1.807, 2.05) is 13.0 Å². The number of nitrogens with zero attached hydrogens (tertiary/aromatic N) is 2. The van der Waals surface area contributed by atoms with Gasteiger partial charge in [0.25, 0.3) is 0 Å². The van der Waals surface area contributed by atoms with Gasteiger partial charge in [-0.1, -0.05) is 0 Å². The molecule has 1 aromatic rings. The van der Waals surface area contributed by atoms with Gasteiger partial charge >= 0.3 is 5.97 Å². The van der Waals surface area contributed by atoms with E-state index in [1.165, 1.54) is 6.92 Å². The zero-order valence-electron chi connectivity index (χ0n) is 12.6. The van der Waals surface area contributed by atoms with Crippen LogP contribution in [0.3, 0.4) is 0 Å². The summed E-state index contributed by atoms with van der Waals surface area (Å²) >= 11 is 0. The summed E-state index contributed by atoms with van der Waals surface area (Å²) in [4.78, 5) is 25.5. The van der Waals surface area contributed by atoms with Crippen molar-refractivity contribution in [2.75, 3.05) is 18.1 Å². The molecular formula is C16H18N2O4. The van der Waals surface area contributed by atoms with Gasteiger partial charge in [0.05, 0.1) is 12.5 Å². The summed E-state index contributed by atoms with van der Waals surface area (Å²) in [7, 11) is 0. The van der Waals surface area contributed by atoms with Gasteiger partial charge in [0.2, 0.25) is 5.91 Å². The molecule has 6 nitrogen and oxygen atoms in total. The van der Waals surface area contributed by atoms with Crippen LogP contribution in [0.1, 0.15) is 20.3 Å². The molecular weight excluding hydrogens is 284 g/mol. The standard InChI is InChI=1S/C16H18N2O4/c1-3-21-14-6-4-13(5-7-14)18-10-12(8-15(18)19)16(20)22-11(2)9-17/h4-7,11-12H,3,8,10H2,1-2H3/t11-,12+/m1/s1. The number of amides is 1. The second kappa shape index (κ2) is 6.94. The molecule has 0 aliphatic carbocycles. The number of carbonyl (C=O) groups excluding carboxylic acids is 2. The van der Waals surface area contributed by atoms with Crippen molar-refractivity contribution in [2.24, 2.45) is 5.92 Å². The van der Waals surface area contributed by atoms with Crippen molar-refractivity contribution in [3.63, 3.8) is 0 Å². The molecule has 1 saturated heterocycles. The molecule has 0 radical (unpaired) electrons. The number of carbonyl (C=O) groups is 2. The molecule has 1 fully saturated rings. The molecule has 0 saturated carbocycles. The number of nitriles is 1. The number of esters is 1. The van der Waals surface area contributed by atoms with Crippen molar-refractivity contribution >= 4 is 17.6 Å². The van der Waals surface area contributed by atoms with E-state index >= 15 is 0 Å². The van der Waals surface area contributed by atoms with Crippen LogP contribution in [-0.2, 0) is 14.3 Å². The molecule has 1 heterocycles. The normalized spacial score (nSPS) is 18.7. The Morgan fingerprint density at radius 2 is 2.14 bits per heavy atom. The first-order valence-corrected chi connectivity index (χ1v) is 7.18. The zero-order valence-corrected chi connectivity index (χ0v) is 12.6. The second-order valence-electron chi connectivity index (χ2n) is 5.04. The van der Waals surface area contributed by atoms with Crippen molar-refractivity contribution in [3.8, 4) is 11.8 Å². The van der Waals surface area contributed by atoms with E-state index < -0.39 is 18.0 Å². The Labute approximate surface area is 129 Å². The van der Waals surface area contributed by atoms with Crippen molar-refractivity contribution in [2.45, 2.75) is 26.4 Å². The molecule has 0 spiro atoms. The quantitative estimate of drug-likeness (QED) is 0.776. The SMILES string of the molecule is CCOc1ccc(N2C[C@@H](C(=O)O[C@H](C)C#N)CC2=O)cc1. The van der Waals surface area contributed by atoms with Crippen LogP contribution in [0.5, 0.6) is 5.75 Å². The number of rotatable bonds is 5. The Hall–Kier alpha value is -2.55. The minimum absolute atomic E-state index is 0.101. The van der Waals surface area contributed by atoms with Crippen LogP contribution in [0.4, 0.5) is 5.69 Å². The fourth-order valence-corrected chi connectivity index (χ4v) is 2.30. The molecule has 0 unspecified atom stereocenters. The van der Waals surface area contributed by atoms with Gasteiger partial charge in [0.15, 0.2) is 6.10 Å². The summed E-state index contributed by atoms with van der Waals surface area (Å²) in [5.41, 5.74) is 0.720. The maximum atomic E-state index is 12.1. The molecule has 0 bridgehead atoms. The molecule has 116 valence electrons. The second-order valence-corrected chi connectivity index (χ2v) is 5.04. The first-order valence-electron chi connectivity index (χ1n) is 7.18. The Kier molecular flexibility index (Phi) is 4.99. The van der Waals surface area contributed by atoms with Crippen molar-refractivity contribution in [1.82, 2.24) is 0 Å². The van der Waals surface area contributed by atoms with E-state index in [1.54, 1.807) is 29.2 Å². The lowest BCUT2D eigenvalue weighted by atomic mass is 10.1. The van der Waals surface area contributed by atoms with E-state index in [2.05, 4.69) is 0 Å². The van der Waals surface area contributed by atoms with E-state index in [4.69, 9.17) is 14.7 Å². The van der Waals surface area contributed by atoms with Gasteiger partial charge in [0, 0.05) is 18.7 Å². The largest absolute Gasteiger partial charge is 0.494 e. The van der Waals surface area contributed by atoms with Crippen LogP contribution in [-0.4, -0.2) is 31.1 Å². The Morgan fingerprint density at radius 1 is 1.45 bits per heavy atom. The van der Waals surface area contributed by atoms with Gasteiger partial charge in [-0.25, -0.2) is 0 Å². The minimum atomic E-state index is -0.804. The number of ether oxygens (including phenoxy) is 2. The summed E-state index contributed by atoms with van der Waals surface area (Å²) in [6.45, 7) is 4.24. The summed E-state index contributed by atoms with van der Waals surface area (Å²) < 4.78 is 10.3. The molecule has 1 aliphatic rings. The van der Waals surface area contributed by atoms with Crippen molar-refractivity contribution in [3.05, 3.63) is 24.3 Å². The van der Waals surface area contributed by atoms with E-state index in [0.717, 1.165) is 11.4 Å². The summed E-state index contributed by atoms with van der Waals surface area (Å²) in [6, 6.07) is 8.98. The fraction of sp³-hybridized carbons (Fsp3) is 0.438. The van der Waals surface area contributed by atoms with Gasteiger partial charge in [-0.05, 0) is 38.1 Å². The third-order valence-electron chi connectivity index (χ3n) is 3.39. The first-order chi connectivity index (χ1) is 10.5. The number of hydrogen-bond donors (Lipinski definition) is 0. The molecule has 22 heavy (non-hydrogen) atoms. The lowest BCUT2D eigenvalue weighted by molar-refractivity contribution is -0.150. The molecule has 1 aromatic carbocycles. The third kappa shape index (κ3) is 3.55. The van der Waals surface area contributed by atoms with Crippen molar-refractivity contribution in [1.29, 1.82) is 5.26 Å². The smallest absolute Gasteiger partial charge is 0.312 e. The summed E-state index contributed by atoms with van der Waals surface area (Å²) in [5, 5.41) is 8.66. The predicted octanol–water partition coefficient (Wildman–Crippen LogP) is 1.89. The molecule has 2 rings (SSSR count). The lowest BCUT2D eigenvalue weighted by Gasteiger charge is -2.17.